The number of rotatable bonds is 6. The second-order valence-corrected chi connectivity index (χ2v) is 6.71. The standard InChI is InChI=1S/C16H25N3S/c1-5-16(6-2,19(3)4)14(17)11-15-18-12-9-7-8-10-13(12)20-15/h7-10,14H,5-6,11,17H2,1-4H3. The Morgan fingerprint density at radius 1 is 1.25 bits per heavy atom. The lowest BCUT2D eigenvalue weighted by molar-refractivity contribution is 0.105. The predicted octanol–water partition coefficient (Wildman–Crippen LogP) is 3.29. The Bertz CT molecular complexity index is 525. The fraction of sp³-hybridized carbons (Fsp3) is 0.562. The van der Waals surface area contributed by atoms with Gasteiger partial charge < -0.3 is 10.6 Å². The van der Waals surface area contributed by atoms with Crippen LogP contribution in [0.5, 0.6) is 0 Å². The number of thiazole rings is 1. The zero-order valence-corrected chi connectivity index (χ0v) is 13.7. The van der Waals surface area contributed by atoms with Gasteiger partial charge in [0, 0.05) is 18.0 Å². The van der Waals surface area contributed by atoms with Crippen molar-refractivity contribution in [1.82, 2.24) is 9.88 Å². The number of hydrogen-bond acceptors (Lipinski definition) is 4. The monoisotopic (exact) mass is 291 g/mol. The molecular formula is C16H25N3S. The molecule has 0 spiro atoms. The normalized spacial score (nSPS) is 14.1. The van der Waals surface area contributed by atoms with E-state index in [0.717, 1.165) is 29.8 Å². The highest BCUT2D eigenvalue weighted by Gasteiger charge is 2.35. The number of para-hydroxylation sites is 1. The van der Waals surface area contributed by atoms with Crippen LogP contribution in [0.4, 0.5) is 0 Å². The number of nitrogens with two attached hydrogens (primary N) is 1. The fourth-order valence-electron chi connectivity index (χ4n) is 3.12. The van der Waals surface area contributed by atoms with Crippen LogP contribution in [0.3, 0.4) is 0 Å². The van der Waals surface area contributed by atoms with E-state index >= 15 is 0 Å². The van der Waals surface area contributed by atoms with Crippen molar-refractivity contribution < 1.29 is 0 Å². The third-order valence-corrected chi connectivity index (χ3v) is 5.60. The van der Waals surface area contributed by atoms with Crippen molar-refractivity contribution in [3.8, 4) is 0 Å². The maximum Gasteiger partial charge on any atom is 0.0954 e. The van der Waals surface area contributed by atoms with Gasteiger partial charge in [0.1, 0.15) is 0 Å². The van der Waals surface area contributed by atoms with E-state index < -0.39 is 0 Å². The molecule has 2 aromatic rings. The summed E-state index contributed by atoms with van der Waals surface area (Å²) in [5.41, 5.74) is 7.69. The Morgan fingerprint density at radius 2 is 1.90 bits per heavy atom. The van der Waals surface area contributed by atoms with Crippen molar-refractivity contribution in [2.24, 2.45) is 5.73 Å². The lowest BCUT2D eigenvalue weighted by Gasteiger charge is -2.43. The fourth-order valence-corrected chi connectivity index (χ4v) is 4.15. The molecule has 0 bridgehead atoms. The van der Waals surface area contributed by atoms with Gasteiger partial charge in [-0.15, -0.1) is 11.3 Å². The minimum absolute atomic E-state index is 0.0534. The van der Waals surface area contributed by atoms with Gasteiger partial charge >= 0.3 is 0 Å². The average molecular weight is 291 g/mol. The number of nitrogens with zero attached hydrogens (tertiary/aromatic N) is 2. The molecule has 0 radical (unpaired) electrons. The van der Waals surface area contributed by atoms with Crippen molar-refractivity contribution in [1.29, 1.82) is 0 Å². The molecule has 2 N–H and O–H groups in total. The molecule has 0 aliphatic heterocycles. The van der Waals surface area contributed by atoms with Gasteiger partial charge in [0.2, 0.25) is 0 Å². The molecular weight excluding hydrogens is 266 g/mol. The van der Waals surface area contributed by atoms with Gasteiger partial charge in [-0.25, -0.2) is 4.98 Å². The van der Waals surface area contributed by atoms with Gasteiger partial charge in [0.05, 0.1) is 15.2 Å². The van der Waals surface area contributed by atoms with Crippen LogP contribution in [0.15, 0.2) is 24.3 Å². The van der Waals surface area contributed by atoms with Crippen LogP contribution < -0.4 is 5.73 Å². The average Bonchev–Trinajstić information content (AvgIpc) is 2.82. The lowest BCUT2D eigenvalue weighted by atomic mass is 9.82. The summed E-state index contributed by atoms with van der Waals surface area (Å²) in [5.74, 6) is 0. The highest BCUT2D eigenvalue weighted by atomic mass is 32.1. The van der Waals surface area contributed by atoms with Crippen LogP contribution >= 0.6 is 11.3 Å². The zero-order valence-electron chi connectivity index (χ0n) is 12.9. The van der Waals surface area contributed by atoms with Crippen molar-refractivity contribution in [2.75, 3.05) is 14.1 Å². The largest absolute Gasteiger partial charge is 0.326 e. The first-order valence-electron chi connectivity index (χ1n) is 7.31. The molecule has 0 amide bonds. The molecule has 4 heteroatoms. The molecule has 1 aromatic heterocycles. The third-order valence-electron chi connectivity index (χ3n) is 4.54. The number of fused-ring (bicyclic) bond motifs is 1. The molecule has 2 rings (SSSR count). The minimum atomic E-state index is 0.0534. The summed E-state index contributed by atoms with van der Waals surface area (Å²) in [7, 11) is 4.26. The van der Waals surface area contributed by atoms with Crippen LogP contribution in [0.25, 0.3) is 10.2 Å². The lowest BCUT2D eigenvalue weighted by Crippen LogP contribution is -2.57. The van der Waals surface area contributed by atoms with E-state index in [1.807, 2.05) is 6.07 Å². The Kier molecular flexibility index (Phi) is 4.78. The Balaban J connectivity index is 2.23. The number of likely N-dealkylation sites (N-methyl/N-ethyl adjacent to an activating group) is 1. The molecule has 1 unspecified atom stereocenters. The van der Waals surface area contributed by atoms with E-state index in [4.69, 9.17) is 10.7 Å². The molecule has 0 aliphatic rings. The molecule has 0 fully saturated rings. The number of hydrogen-bond donors (Lipinski definition) is 1. The van der Waals surface area contributed by atoms with Gasteiger partial charge in [-0.3, -0.25) is 0 Å². The van der Waals surface area contributed by atoms with Crippen molar-refractivity contribution >= 4 is 21.6 Å². The van der Waals surface area contributed by atoms with Crippen LogP contribution in [0.1, 0.15) is 31.7 Å². The Hall–Kier alpha value is -0.970. The van der Waals surface area contributed by atoms with Gasteiger partial charge in [0.15, 0.2) is 0 Å². The Labute approximate surface area is 125 Å². The van der Waals surface area contributed by atoms with Crippen LogP contribution in [0, 0.1) is 0 Å². The molecule has 0 saturated carbocycles. The maximum atomic E-state index is 6.55. The summed E-state index contributed by atoms with van der Waals surface area (Å²) >= 11 is 1.76. The third kappa shape index (κ3) is 2.73. The minimum Gasteiger partial charge on any atom is -0.326 e. The van der Waals surface area contributed by atoms with Crippen LogP contribution in [-0.4, -0.2) is 35.6 Å². The highest BCUT2D eigenvalue weighted by molar-refractivity contribution is 7.18. The van der Waals surface area contributed by atoms with Crippen LogP contribution in [0.2, 0.25) is 0 Å². The highest BCUT2D eigenvalue weighted by Crippen LogP contribution is 2.29. The Morgan fingerprint density at radius 3 is 2.45 bits per heavy atom. The second-order valence-electron chi connectivity index (χ2n) is 5.59. The molecule has 1 aromatic carbocycles. The zero-order chi connectivity index (χ0) is 14.8. The molecule has 0 saturated heterocycles. The smallest absolute Gasteiger partial charge is 0.0954 e. The first-order valence-corrected chi connectivity index (χ1v) is 8.12. The molecule has 1 atom stereocenters. The number of aromatic nitrogens is 1. The van der Waals surface area contributed by atoms with Gasteiger partial charge in [-0.05, 0) is 39.1 Å². The maximum absolute atomic E-state index is 6.55. The van der Waals surface area contributed by atoms with Crippen molar-refractivity contribution in [3.05, 3.63) is 29.3 Å². The molecule has 3 nitrogen and oxygen atoms in total. The summed E-state index contributed by atoms with van der Waals surface area (Å²) in [5, 5.41) is 1.15. The van der Waals surface area contributed by atoms with E-state index in [1.54, 1.807) is 11.3 Å². The van der Waals surface area contributed by atoms with E-state index in [2.05, 4.69) is 51.0 Å². The number of benzene rings is 1. The van der Waals surface area contributed by atoms with Gasteiger partial charge in [-0.2, -0.15) is 0 Å². The van der Waals surface area contributed by atoms with Crippen molar-refractivity contribution in [3.63, 3.8) is 0 Å². The van der Waals surface area contributed by atoms with Crippen LogP contribution in [-0.2, 0) is 6.42 Å². The summed E-state index contributed by atoms with van der Waals surface area (Å²) in [6, 6.07) is 8.40. The molecule has 110 valence electrons. The topological polar surface area (TPSA) is 42.1 Å². The first-order chi connectivity index (χ1) is 9.53. The molecule has 20 heavy (non-hydrogen) atoms. The predicted molar refractivity (Wildman–Crippen MR) is 88.3 cm³/mol. The molecule has 0 aliphatic carbocycles. The summed E-state index contributed by atoms with van der Waals surface area (Å²) < 4.78 is 1.25. The first kappa shape index (κ1) is 15.4. The van der Waals surface area contributed by atoms with Crippen molar-refractivity contribution in [2.45, 2.75) is 44.7 Å². The van der Waals surface area contributed by atoms with E-state index in [-0.39, 0.29) is 11.6 Å². The second kappa shape index (κ2) is 6.20. The van der Waals surface area contributed by atoms with Gasteiger partial charge in [-0.1, -0.05) is 26.0 Å². The van der Waals surface area contributed by atoms with E-state index in [1.165, 1.54) is 4.70 Å². The van der Waals surface area contributed by atoms with E-state index in [9.17, 15) is 0 Å². The molecule has 1 heterocycles. The summed E-state index contributed by atoms with van der Waals surface area (Å²) in [6.45, 7) is 4.45. The van der Waals surface area contributed by atoms with Gasteiger partial charge in [0.25, 0.3) is 0 Å². The van der Waals surface area contributed by atoms with E-state index in [0.29, 0.717) is 0 Å². The quantitative estimate of drug-likeness (QED) is 0.888. The summed E-state index contributed by atoms with van der Waals surface area (Å²) in [6.07, 6.45) is 2.96. The SMILES string of the molecule is CCC(CC)(C(N)Cc1nc2ccccc2s1)N(C)C. The summed E-state index contributed by atoms with van der Waals surface area (Å²) in [4.78, 5) is 7.00.